The molecule has 68 valence electrons. The third-order valence-electron chi connectivity index (χ3n) is 2.37. The van der Waals surface area contributed by atoms with Crippen molar-refractivity contribution in [2.24, 2.45) is 5.92 Å². The van der Waals surface area contributed by atoms with E-state index in [-0.39, 0.29) is 0 Å². The summed E-state index contributed by atoms with van der Waals surface area (Å²) in [7, 11) is 1.36. The molecule has 0 bridgehead atoms. The molecule has 0 aromatic carbocycles. The highest BCUT2D eigenvalue weighted by atomic mass is 16.9. The Morgan fingerprint density at radius 1 is 1.58 bits per heavy atom. The van der Waals surface area contributed by atoms with Gasteiger partial charge in [-0.25, -0.2) is 0 Å². The molecule has 1 aliphatic heterocycles. The number of ether oxygens (including phenoxy) is 1. The maximum atomic E-state index is 10.8. The van der Waals surface area contributed by atoms with Gasteiger partial charge in [0.05, 0.1) is 0 Å². The molecule has 6 nitrogen and oxygen atoms in total. The van der Waals surface area contributed by atoms with E-state index in [1.54, 1.807) is 0 Å². The molecule has 1 heterocycles. The highest BCUT2D eigenvalue weighted by molar-refractivity contribution is 5.82. The maximum Gasteiger partial charge on any atom is 0.249 e. The van der Waals surface area contributed by atoms with Crippen molar-refractivity contribution in [2.75, 3.05) is 7.05 Å². The quantitative estimate of drug-likeness (QED) is 0.338. The van der Waals surface area contributed by atoms with Crippen molar-refractivity contribution in [1.82, 2.24) is 5.32 Å². The minimum atomic E-state index is -1.68. The Kier molecular flexibility index (Phi) is 1.19. The zero-order chi connectivity index (χ0) is 9.15. The molecule has 0 aromatic rings. The number of hydrogen-bond donors (Lipinski definition) is 4. The molecule has 4 N–H and O–H groups in total. The van der Waals surface area contributed by atoms with Crippen molar-refractivity contribution >= 4 is 5.91 Å². The second-order valence-corrected chi connectivity index (χ2v) is 3.03. The average Bonchev–Trinajstić information content (AvgIpc) is 2.69. The summed E-state index contributed by atoms with van der Waals surface area (Å²) in [5.74, 6) is -4.92. The molecule has 6 heteroatoms. The van der Waals surface area contributed by atoms with E-state index in [1.807, 2.05) is 0 Å². The van der Waals surface area contributed by atoms with Gasteiger partial charge in [-0.2, -0.15) is 0 Å². The van der Waals surface area contributed by atoms with Gasteiger partial charge in [-0.1, -0.05) is 0 Å². The first-order valence-corrected chi connectivity index (χ1v) is 3.52. The highest BCUT2D eigenvalue weighted by Gasteiger charge is 2.98. The van der Waals surface area contributed by atoms with Gasteiger partial charge in [-0.15, -0.1) is 0 Å². The van der Waals surface area contributed by atoms with Crippen molar-refractivity contribution < 1.29 is 24.9 Å². The lowest BCUT2D eigenvalue weighted by molar-refractivity contribution is -0.147. The van der Waals surface area contributed by atoms with Crippen molar-refractivity contribution in [2.45, 2.75) is 17.7 Å². The minimum absolute atomic E-state index is 0.641. The lowest BCUT2D eigenvalue weighted by atomic mass is 10.2. The molecule has 12 heavy (non-hydrogen) atoms. The molecule has 1 aliphatic carbocycles. The smallest absolute Gasteiger partial charge is 0.249 e. The van der Waals surface area contributed by atoms with Crippen molar-refractivity contribution in [3.63, 3.8) is 0 Å². The van der Waals surface area contributed by atoms with Crippen LogP contribution >= 0.6 is 0 Å². The highest BCUT2D eigenvalue weighted by Crippen LogP contribution is 2.73. The molecule has 0 aromatic heterocycles. The van der Waals surface area contributed by atoms with Gasteiger partial charge in [0.1, 0.15) is 12.0 Å². The van der Waals surface area contributed by atoms with Crippen LogP contribution in [0.15, 0.2) is 0 Å². The summed E-state index contributed by atoms with van der Waals surface area (Å²) in [6, 6.07) is 0. The maximum absolute atomic E-state index is 10.8. The average molecular weight is 175 g/mol. The normalized spacial score (nSPS) is 50.8. The van der Waals surface area contributed by atoms with Gasteiger partial charge >= 0.3 is 0 Å². The molecule has 0 radical (unpaired) electrons. The molecular formula is C6H9NO5. The topological polar surface area (TPSA) is 102 Å². The lowest BCUT2D eigenvalue weighted by Gasteiger charge is -2.12. The number of rotatable bonds is 2. The van der Waals surface area contributed by atoms with Crippen LogP contribution in [0, 0.1) is 5.92 Å². The Hall–Kier alpha value is -0.690. The van der Waals surface area contributed by atoms with Crippen LogP contribution in [0.5, 0.6) is 0 Å². The van der Waals surface area contributed by atoms with Crippen molar-refractivity contribution in [3.8, 4) is 0 Å². The molecule has 2 aliphatic rings. The molecule has 2 fully saturated rings. The van der Waals surface area contributed by atoms with Crippen LogP contribution in [0.4, 0.5) is 0 Å². The van der Waals surface area contributed by atoms with E-state index in [0.717, 1.165) is 0 Å². The third-order valence-corrected chi connectivity index (χ3v) is 2.37. The van der Waals surface area contributed by atoms with E-state index in [4.69, 9.17) is 10.2 Å². The monoisotopic (exact) mass is 175 g/mol. The summed E-state index contributed by atoms with van der Waals surface area (Å²) >= 11 is 0. The number of carbonyl (C=O) groups excluding carboxylic acids is 1. The standard InChI is InChI=1S/C6H9NO5/c1-7-4(9)2(8)3-5(10)6(3,11)12-5/h2-3,8,10-11H,1H3,(H,7,9). The SMILES string of the molecule is CNC(=O)C(O)C1C2(O)OC12O. The van der Waals surface area contributed by atoms with E-state index in [1.165, 1.54) is 7.05 Å². The number of amides is 1. The summed E-state index contributed by atoms with van der Waals surface area (Å²) in [5.41, 5.74) is 0. The van der Waals surface area contributed by atoms with Crippen LogP contribution in [0.3, 0.4) is 0 Å². The zero-order valence-corrected chi connectivity index (χ0v) is 6.31. The number of aliphatic hydroxyl groups excluding tert-OH is 1. The van der Waals surface area contributed by atoms with Gasteiger partial charge < -0.3 is 25.4 Å². The molecule has 1 saturated heterocycles. The molecule has 1 amide bonds. The number of aliphatic hydroxyl groups is 3. The van der Waals surface area contributed by atoms with Crippen molar-refractivity contribution in [3.05, 3.63) is 0 Å². The molecular weight excluding hydrogens is 166 g/mol. The van der Waals surface area contributed by atoms with E-state index in [9.17, 15) is 9.90 Å². The molecule has 3 unspecified atom stereocenters. The fourth-order valence-corrected chi connectivity index (χ4v) is 1.43. The second-order valence-electron chi connectivity index (χ2n) is 3.03. The molecule has 0 spiro atoms. The summed E-state index contributed by atoms with van der Waals surface area (Å²) in [5, 5.41) is 29.6. The number of carbonyl (C=O) groups is 1. The Bertz CT molecular complexity index is 242. The van der Waals surface area contributed by atoms with Crippen LogP contribution in [-0.2, 0) is 9.53 Å². The zero-order valence-electron chi connectivity index (χ0n) is 6.31. The van der Waals surface area contributed by atoms with Crippen LogP contribution < -0.4 is 5.32 Å². The Morgan fingerprint density at radius 2 is 2.08 bits per heavy atom. The fraction of sp³-hybridized carbons (Fsp3) is 0.833. The summed E-state index contributed by atoms with van der Waals surface area (Å²) in [4.78, 5) is 10.8. The number of epoxide rings is 1. The largest absolute Gasteiger partial charge is 0.383 e. The van der Waals surface area contributed by atoms with E-state index < -0.39 is 29.5 Å². The van der Waals surface area contributed by atoms with Gasteiger partial charge in [0.2, 0.25) is 17.5 Å². The molecule has 2 rings (SSSR count). The number of likely N-dealkylation sites (N-methyl/N-ethyl adjacent to an activating group) is 1. The summed E-state index contributed by atoms with van der Waals surface area (Å²) in [6.45, 7) is 0. The van der Waals surface area contributed by atoms with E-state index in [0.29, 0.717) is 0 Å². The first-order valence-electron chi connectivity index (χ1n) is 3.52. The van der Waals surface area contributed by atoms with Gasteiger partial charge in [-0.3, -0.25) is 4.79 Å². The molecule has 1 saturated carbocycles. The minimum Gasteiger partial charge on any atom is -0.383 e. The summed E-state index contributed by atoms with van der Waals surface area (Å²) < 4.78 is 4.38. The number of hydrogen-bond acceptors (Lipinski definition) is 5. The number of fused-ring (bicyclic) bond motifs is 1. The van der Waals surface area contributed by atoms with E-state index in [2.05, 4.69) is 10.1 Å². The fourth-order valence-electron chi connectivity index (χ4n) is 1.43. The first kappa shape index (κ1) is 7.93. The van der Waals surface area contributed by atoms with Gasteiger partial charge in [-0.05, 0) is 0 Å². The first-order chi connectivity index (χ1) is 5.47. The lowest BCUT2D eigenvalue weighted by Crippen LogP contribution is -2.39. The third kappa shape index (κ3) is 0.616. The van der Waals surface area contributed by atoms with Crippen molar-refractivity contribution in [1.29, 1.82) is 0 Å². The summed E-state index contributed by atoms with van der Waals surface area (Å²) in [6.07, 6.45) is -1.42. The van der Waals surface area contributed by atoms with Gasteiger partial charge in [0.15, 0.2) is 0 Å². The predicted molar refractivity (Wildman–Crippen MR) is 34.5 cm³/mol. The number of nitrogens with one attached hydrogen (secondary N) is 1. The second kappa shape index (κ2) is 1.80. The van der Waals surface area contributed by atoms with Crippen LogP contribution in [0.2, 0.25) is 0 Å². The van der Waals surface area contributed by atoms with Gasteiger partial charge in [0, 0.05) is 7.05 Å². The van der Waals surface area contributed by atoms with E-state index >= 15 is 0 Å². The van der Waals surface area contributed by atoms with Gasteiger partial charge in [0.25, 0.3) is 0 Å². The predicted octanol–water partition coefficient (Wildman–Crippen LogP) is -2.87. The van der Waals surface area contributed by atoms with Crippen LogP contribution in [-0.4, -0.2) is 46.0 Å². The van der Waals surface area contributed by atoms with Crippen LogP contribution in [0.25, 0.3) is 0 Å². The molecule has 3 atom stereocenters. The Morgan fingerprint density at radius 3 is 2.33 bits per heavy atom. The van der Waals surface area contributed by atoms with Crippen LogP contribution in [0.1, 0.15) is 0 Å². The Balaban J connectivity index is 2.02. The Labute approximate surface area is 67.8 Å².